The van der Waals surface area contributed by atoms with Gasteiger partial charge in [0.05, 0.1) is 5.60 Å². The summed E-state index contributed by atoms with van der Waals surface area (Å²) in [7, 11) is 0. The Morgan fingerprint density at radius 2 is 1.87 bits per heavy atom. The summed E-state index contributed by atoms with van der Waals surface area (Å²) in [4.78, 5) is 4.51. The van der Waals surface area contributed by atoms with Crippen molar-refractivity contribution in [2.45, 2.75) is 71.2 Å². The van der Waals surface area contributed by atoms with Crippen molar-refractivity contribution in [3.63, 3.8) is 0 Å². The molecular formula is C12H24O3. The fourth-order valence-electron chi connectivity index (χ4n) is 2.01. The average molecular weight is 216 g/mol. The van der Waals surface area contributed by atoms with Gasteiger partial charge in [-0.15, -0.1) is 0 Å². The quantitative estimate of drug-likeness (QED) is 0.433. The molecule has 1 unspecified atom stereocenters. The van der Waals surface area contributed by atoms with Crippen molar-refractivity contribution in [2.24, 2.45) is 5.92 Å². The molecule has 1 atom stereocenters. The maximum atomic E-state index is 8.91. The van der Waals surface area contributed by atoms with Crippen LogP contribution in [0.4, 0.5) is 0 Å². The van der Waals surface area contributed by atoms with E-state index in [1.807, 2.05) is 13.8 Å². The average Bonchev–Trinajstić information content (AvgIpc) is 2.27. The van der Waals surface area contributed by atoms with Gasteiger partial charge in [0.2, 0.25) is 0 Å². The minimum atomic E-state index is -0.444. The summed E-state index contributed by atoms with van der Waals surface area (Å²) in [6.45, 7) is 6.14. The van der Waals surface area contributed by atoms with Crippen molar-refractivity contribution in [1.82, 2.24) is 0 Å². The van der Waals surface area contributed by atoms with Gasteiger partial charge in [-0.3, -0.25) is 0 Å². The zero-order valence-corrected chi connectivity index (χ0v) is 10.2. The van der Waals surface area contributed by atoms with Crippen molar-refractivity contribution >= 4 is 0 Å². The Hall–Kier alpha value is -0.120. The molecule has 1 fully saturated rings. The summed E-state index contributed by atoms with van der Waals surface area (Å²) in [5.74, 6) is 0.356. The molecule has 0 saturated heterocycles. The molecule has 1 saturated carbocycles. The van der Waals surface area contributed by atoms with E-state index in [0.717, 1.165) is 19.3 Å². The number of ether oxygens (including phenoxy) is 1. The maximum absolute atomic E-state index is 8.91. The Labute approximate surface area is 92.7 Å². The molecule has 3 nitrogen and oxygen atoms in total. The molecule has 3 heteroatoms. The van der Waals surface area contributed by atoms with E-state index in [1.165, 1.54) is 19.3 Å². The minimum absolute atomic E-state index is 0.217. The summed E-state index contributed by atoms with van der Waals surface area (Å²) in [5.41, 5.74) is -0.217. The Morgan fingerprint density at radius 1 is 1.27 bits per heavy atom. The van der Waals surface area contributed by atoms with Crippen molar-refractivity contribution < 1.29 is 14.9 Å². The Morgan fingerprint density at radius 3 is 2.33 bits per heavy atom. The van der Waals surface area contributed by atoms with Crippen LogP contribution in [0.2, 0.25) is 0 Å². The van der Waals surface area contributed by atoms with Crippen LogP contribution in [0, 0.1) is 5.92 Å². The van der Waals surface area contributed by atoms with Gasteiger partial charge in [0.15, 0.2) is 6.29 Å². The lowest BCUT2D eigenvalue weighted by Crippen LogP contribution is -2.36. The molecule has 0 spiro atoms. The van der Waals surface area contributed by atoms with Gasteiger partial charge < -0.3 is 4.74 Å². The highest BCUT2D eigenvalue weighted by molar-refractivity contribution is 4.73. The first kappa shape index (κ1) is 12.9. The summed E-state index contributed by atoms with van der Waals surface area (Å²) >= 11 is 0. The monoisotopic (exact) mass is 216 g/mol. The highest BCUT2D eigenvalue weighted by Gasteiger charge is 2.30. The minimum Gasteiger partial charge on any atom is -0.343 e. The molecule has 90 valence electrons. The first-order valence-electron chi connectivity index (χ1n) is 6.07. The lowest BCUT2D eigenvalue weighted by molar-refractivity contribution is -0.379. The van der Waals surface area contributed by atoms with Crippen LogP contribution in [-0.2, 0) is 9.62 Å². The normalized spacial score (nSPS) is 21.6. The van der Waals surface area contributed by atoms with E-state index in [0.29, 0.717) is 5.92 Å². The fourth-order valence-corrected chi connectivity index (χ4v) is 2.01. The van der Waals surface area contributed by atoms with Crippen LogP contribution < -0.4 is 0 Å². The standard InChI is InChI=1S/C12H24O3/c1-4-12(2,3)14-11(15-13)10-8-6-5-7-9-10/h10-11,13H,4-9H2,1-3H3. The van der Waals surface area contributed by atoms with Crippen molar-refractivity contribution in [1.29, 1.82) is 0 Å². The first-order chi connectivity index (χ1) is 7.09. The molecule has 1 N–H and O–H groups in total. The van der Waals surface area contributed by atoms with Gasteiger partial charge in [0.1, 0.15) is 0 Å². The summed E-state index contributed by atoms with van der Waals surface area (Å²) in [5, 5.41) is 8.91. The summed E-state index contributed by atoms with van der Waals surface area (Å²) in [6.07, 6.45) is 6.42. The second kappa shape index (κ2) is 5.83. The van der Waals surface area contributed by atoms with Gasteiger partial charge in [-0.25, -0.2) is 10.1 Å². The van der Waals surface area contributed by atoms with E-state index < -0.39 is 6.29 Å². The molecule has 0 heterocycles. The predicted octanol–water partition coefficient (Wildman–Crippen LogP) is 3.59. The lowest BCUT2D eigenvalue weighted by atomic mass is 9.88. The van der Waals surface area contributed by atoms with Crippen molar-refractivity contribution in [3.05, 3.63) is 0 Å². The summed E-state index contributed by atoms with van der Waals surface area (Å²) in [6, 6.07) is 0. The lowest BCUT2D eigenvalue weighted by Gasteiger charge is -2.34. The van der Waals surface area contributed by atoms with Crippen LogP contribution in [0.25, 0.3) is 0 Å². The first-order valence-corrected chi connectivity index (χ1v) is 6.07. The van der Waals surface area contributed by atoms with Crippen molar-refractivity contribution in [2.75, 3.05) is 0 Å². The summed E-state index contributed by atoms with van der Waals surface area (Å²) < 4.78 is 5.80. The van der Waals surface area contributed by atoms with Gasteiger partial charge in [-0.1, -0.05) is 26.2 Å². The maximum Gasteiger partial charge on any atom is 0.194 e. The molecule has 0 radical (unpaired) electrons. The van der Waals surface area contributed by atoms with Crippen molar-refractivity contribution in [3.8, 4) is 0 Å². The molecule has 1 aliphatic rings. The number of hydrogen-bond donors (Lipinski definition) is 1. The van der Waals surface area contributed by atoms with Crippen LogP contribution in [0.1, 0.15) is 59.3 Å². The van der Waals surface area contributed by atoms with E-state index >= 15 is 0 Å². The third-order valence-electron chi connectivity index (χ3n) is 3.43. The zero-order chi connectivity index (χ0) is 11.3. The van der Waals surface area contributed by atoms with Crippen LogP contribution in [0.15, 0.2) is 0 Å². The Bertz CT molecular complexity index is 174. The smallest absolute Gasteiger partial charge is 0.194 e. The SMILES string of the molecule is CCC(C)(C)OC(OO)C1CCCCC1. The molecule has 0 bridgehead atoms. The van der Waals surface area contributed by atoms with Crippen LogP contribution in [0.3, 0.4) is 0 Å². The largest absolute Gasteiger partial charge is 0.343 e. The molecule has 0 amide bonds. The zero-order valence-electron chi connectivity index (χ0n) is 10.2. The molecule has 1 rings (SSSR count). The molecule has 0 aromatic carbocycles. The fraction of sp³-hybridized carbons (Fsp3) is 1.00. The molecule has 15 heavy (non-hydrogen) atoms. The second-order valence-electron chi connectivity index (χ2n) is 5.10. The van der Waals surface area contributed by atoms with Crippen LogP contribution in [0.5, 0.6) is 0 Å². The van der Waals surface area contributed by atoms with Gasteiger partial charge in [-0.05, 0) is 33.1 Å². The Kier molecular flexibility index (Phi) is 5.03. The topological polar surface area (TPSA) is 38.7 Å². The van der Waals surface area contributed by atoms with Gasteiger partial charge >= 0.3 is 0 Å². The van der Waals surface area contributed by atoms with E-state index in [4.69, 9.17) is 9.99 Å². The predicted molar refractivity (Wildman–Crippen MR) is 59.5 cm³/mol. The van der Waals surface area contributed by atoms with Gasteiger partial charge in [-0.2, -0.15) is 0 Å². The van der Waals surface area contributed by atoms with Gasteiger partial charge in [0.25, 0.3) is 0 Å². The Balaban J connectivity index is 2.46. The number of hydrogen-bond acceptors (Lipinski definition) is 3. The third kappa shape index (κ3) is 4.09. The molecular weight excluding hydrogens is 192 g/mol. The molecule has 1 aliphatic carbocycles. The van der Waals surface area contributed by atoms with E-state index in [-0.39, 0.29) is 5.60 Å². The highest BCUT2D eigenvalue weighted by atomic mass is 17.1. The third-order valence-corrected chi connectivity index (χ3v) is 3.43. The highest BCUT2D eigenvalue weighted by Crippen LogP contribution is 2.31. The number of rotatable bonds is 5. The van der Waals surface area contributed by atoms with E-state index in [1.54, 1.807) is 0 Å². The molecule has 0 aromatic rings. The molecule has 0 aromatic heterocycles. The van der Waals surface area contributed by atoms with E-state index in [2.05, 4.69) is 11.8 Å². The van der Waals surface area contributed by atoms with Gasteiger partial charge in [0, 0.05) is 5.92 Å². The van der Waals surface area contributed by atoms with E-state index in [9.17, 15) is 0 Å². The van der Waals surface area contributed by atoms with Crippen LogP contribution >= 0.6 is 0 Å². The molecule has 0 aliphatic heterocycles. The van der Waals surface area contributed by atoms with Crippen LogP contribution in [-0.4, -0.2) is 17.1 Å². The second-order valence-corrected chi connectivity index (χ2v) is 5.10.